The third-order valence-corrected chi connectivity index (χ3v) is 4.76. The SMILES string of the molecule is CCCCCCOc1ccc(C2CC(CCCCC)C(=O)O2)cc1. The molecule has 2 unspecified atom stereocenters. The highest BCUT2D eigenvalue weighted by Crippen LogP contribution is 2.36. The lowest BCUT2D eigenvalue weighted by molar-refractivity contribution is -0.144. The summed E-state index contributed by atoms with van der Waals surface area (Å²) in [6.07, 6.45) is 10.0. The van der Waals surface area contributed by atoms with Crippen LogP contribution in [0, 0.1) is 5.92 Å². The van der Waals surface area contributed by atoms with E-state index in [1.54, 1.807) is 0 Å². The first kappa shape index (κ1) is 18.8. The molecule has 0 bridgehead atoms. The fraction of sp³-hybridized carbons (Fsp3) is 0.667. The number of carbonyl (C=O) groups is 1. The van der Waals surface area contributed by atoms with E-state index in [0.29, 0.717) is 0 Å². The van der Waals surface area contributed by atoms with Crippen LogP contribution < -0.4 is 4.74 Å². The van der Waals surface area contributed by atoms with Gasteiger partial charge in [-0.15, -0.1) is 0 Å². The Morgan fingerprint density at radius 1 is 1.00 bits per heavy atom. The standard InChI is InChI=1S/C21H32O3/c1-3-5-7-9-15-23-19-13-11-17(12-14-19)20-16-18(21(22)24-20)10-8-6-4-2/h11-14,18,20H,3-10,15-16H2,1-2H3. The molecule has 134 valence electrons. The first-order valence-corrected chi connectivity index (χ1v) is 9.67. The molecule has 1 heterocycles. The van der Waals surface area contributed by atoms with Gasteiger partial charge in [0.25, 0.3) is 0 Å². The second-order valence-electron chi connectivity index (χ2n) is 6.83. The van der Waals surface area contributed by atoms with E-state index in [0.717, 1.165) is 43.6 Å². The molecule has 0 amide bonds. The van der Waals surface area contributed by atoms with Gasteiger partial charge < -0.3 is 9.47 Å². The molecule has 0 N–H and O–H groups in total. The highest BCUT2D eigenvalue weighted by atomic mass is 16.6. The molecule has 2 atom stereocenters. The molecule has 0 saturated carbocycles. The van der Waals surface area contributed by atoms with Crippen molar-refractivity contribution in [3.8, 4) is 5.75 Å². The molecule has 24 heavy (non-hydrogen) atoms. The Bertz CT molecular complexity index is 480. The molecule has 0 radical (unpaired) electrons. The van der Waals surface area contributed by atoms with E-state index < -0.39 is 0 Å². The minimum atomic E-state index is -0.0808. The number of benzene rings is 1. The van der Waals surface area contributed by atoms with Gasteiger partial charge in [0.05, 0.1) is 12.5 Å². The summed E-state index contributed by atoms with van der Waals surface area (Å²) in [5.41, 5.74) is 1.08. The van der Waals surface area contributed by atoms with Gasteiger partial charge in [0.1, 0.15) is 11.9 Å². The van der Waals surface area contributed by atoms with Crippen molar-refractivity contribution in [1.82, 2.24) is 0 Å². The number of hydrogen-bond donors (Lipinski definition) is 0. The Labute approximate surface area is 146 Å². The second-order valence-corrected chi connectivity index (χ2v) is 6.83. The lowest BCUT2D eigenvalue weighted by Gasteiger charge is -2.11. The zero-order valence-electron chi connectivity index (χ0n) is 15.3. The highest BCUT2D eigenvalue weighted by molar-refractivity contribution is 5.74. The number of cyclic esters (lactones) is 1. The van der Waals surface area contributed by atoms with Gasteiger partial charge in [-0.3, -0.25) is 4.79 Å². The Balaban J connectivity index is 1.77. The van der Waals surface area contributed by atoms with Gasteiger partial charge in [0.15, 0.2) is 0 Å². The van der Waals surface area contributed by atoms with E-state index >= 15 is 0 Å². The number of carbonyl (C=O) groups excluding carboxylic acids is 1. The molecule has 1 aliphatic rings. The van der Waals surface area contributed by atoms with Gasteiger partial charge >= 0.3 is 5.97 Å². The first-order valence-electron chi connectivity index (χ1n) is 9.67. The lowest BCUT2D eigenvalue weighted by atomic mass is 9.95. The van der Waals surface area contributed by atoms with E-state index in [2.05, 4.69) is 13.8 Å². The molecule has 0 aromatic heterocycles. The van der Waals surface area contributed by atoms with E-state index in [9.17, 15) is 4.79 Å². The van der Waals surface area contributed by atoms with E-state index in [1.165, 1.54) is 32.1 Å². The summed E-state index contributed by atoms with van der Waals surface area (Å²) >= 11 is 0. The van der Waals surface area contributed by atoms with Gasteiger partial charge in [-0.2, -0.15) is 0 Å². The molecule has 0 spiro atoms. The molecular weight excluding hydrogens is 300 g/mol. The third-order valence-electron chi connectivity index (χ3n) is 4.76. The van der Waals surface area contributed by atoms with Gasteiger partial charge in [-0.1, -0.05) is 64.5 Å². The summed E-state index contributed by atoms with van der Waals surface area (Å²) in [5.74, 6) is 0.961. The maximum Gasteiger partial charge on any atom is 0.309 e. The van der Waals surface area contributed by atoms with Gasteiger partial charge in [0.2, 0.25) is 0 Å². The molecule has 0 aliphatic carbocycles. The molecule has 3 nitrogen and oxygen atoms in total. The minimum absolute atomic E-state index is 0.0210. The monoisotopic (exact) mass is 332 g/mol. The first-order chi connectivity index (χ1) is 11.7. The Kier molecular flexibility index (Phi) is 8.14. The van der Waals surface area contributed by atoms with Crippen LogP contribution in [-0.2, 0) is 9.53 Å². The van der Waals surface area contributed by atoms with Crippen molar-refractivity contribution in [3.63, 3.8) is 0 Å². The van der Waals surface area contributed by atoms with Gasteiger partial charge in [-0.25, -0.2) is 0 Å². The number of rotatable bonds is 11. The third kappa shape index (κ3) is 5.85. The van der Waals surface area contributed by atoms with Crippen molar-refractivity contribution in [2.75, 3.05) is 6.61 Å². The van der Waals surface area contributed by atoms with Crippen LogP contribution >= 0.6 is 0 Å². The van der Waals surface area contributed by atoms with Crippen molar-refractivity contribution in [2.24, 2.45) is 5.92 Å². The molecular formula is C21H32O3. The molecule has 1 fully saturated rings. The van der Waals surface area contributed by atoms with Crippen molar-refractivity contribution >= 4 is 5.97 Å². The number of ether oxygens (including phenoxy) is 2. The molecule has 1 saturated heterocycles. The summed E-state index contributed by atoms with van der Waals surface area (Å²) in [5, 5.41) is 0. The largest absolute Gasteiger partial charge is 0.494 e. The summed E-state index contributed by atoms with van der Waals surface area (Å²) < 4.78 is 11.3. The summed E-state index contributed by atoms with van der Waals surface area (Å²) in [7, 11) is 0. The van der Waals surface area contributed by atoms with Crippen LogP contribution in [0.4, 0.5) is 0 Å². The van der Waals surface area contributed by atoms with Crippen LogP contribution in [-0.4, -0.2) is 12.6 Å². The Morgan fingerprint density at radius 2 is 1.71 bits per heavy atom. The maximum atomic E-state index is 12.0. The topological polar surface area (TPSA) is 35.5 Å². The summed E-state index contributed by atoms with van der Waals surface area (Å²) in [4.78, 5) is 12.0. The molecule has 1 aromatic rings. The zero-order valence-corrected chi connectivity index (χ0v) is 15.3. The van der Waals surface area contributed by atoms with E-state index in [-0.39, 0.29) is 18.0 Å². The average molecular weight is 332 g/mol. The van der Waals surface area contributed by atoms with Crippen LogP contribution in [0.5, 0.6) is 5.75 Å². The second kappa shape index (κ2) is 10.4. The minimum Gasteiger partial charge on any atom is -0.494 e. The van der Waals surface area contributed by atoms with Crippen LogP contribution in [0.1, 0.15) is 83.3 Å². The summed E-state index contributed by atoms with van der Waals surface area (Å²) in [6, 6.07) is 8.06. The van der Waals surface area contributed by atoms with Gasteiger partial charge in [-0.05, 0) is 30.5 Å². The lowest BCUT2D eigenvalue weighted by Crippen LogP contribution is -2.06. The van der Waals surface area contributed by atoms with Crippen molar-refractivity contribution in [3.05, 3.63) is 29.8 Å². The fourth-order valence-corrected chi connectivity index (χ4v) is 3.22. The number of hydrogen-bond acceptors (Lipinski definition) is 3. The van der Waals surface area contributed by atoms with Crippen molar-refractivity contribution < 1.29 is 14.3 Å². The maximum absolute atomic E-state index is 12.0. The highest BCUT2D eigenvalue weighted by Gasteiger charge is 2.34. The smallest absolute Gasteiger partial charge is 0.309 e. The fourth-order valence-electron chi connectivity index (χ4n) is 3.22. The molecule has 1 aromatic carbocycles. The van der Waals surface area contributed by atoms with Crippen molar-refractivity contribution in [1.29, 1.82) is 0 Å². The van der Waals surface area contributed by atoms with Crippen LogP contribution in [0.25, 0.3) is 0 Å². The predicted octanol–water partition coefficient (Wildman–Crippen LogP) is 5.83. The molecule has 2 rings (SSSR count). The van der Waals surface area contributed by atoms with E-state index in [1.807, 2.05) is 24.3 Å². The van der Waals surface area contributed by atoms with Crippen LogP contribution in [0.2, 0.25) is 0 Å². The zero-order chi connectivity index (χ0) is 17.2. The Morgan fingerprint density at radius 3 is 2.42 bits per heavy atom. The van der Waals surface area contributed by atoms with Gasteiger partial charge in [0, 0.05) is 6.42 Å². The van der Waals surface area contributed by atoms with Crippen LogP contribution in [0.3, 0.4) is 0 Å². The number of esters is 1. The predicted molar refractivity (Wildman–Crippen MR) is 97.2 cm³/mol. The quantitative estimate of drug-likeness (QED) is 0.378. The summed E-state index contributed by atoms with van der Waals surface area (Å²) in [6.45, 7) is 5.17. The Hall–Kier alpha value is -1.51. The van der Waals surface area contributed by atoms with Crippen LogP contribution in [0.15, 0.2) is 24.3 Å². The molecule has 3 heteroatoms. The number of unbranched alkanes of at least 4 members (excludes halogenated alkanes) is 5. The normalized spacial score (nSPS) is 20.2. The molecule has 1 aliphatic heterocycles. The average Bonchev–Trinajstić information content (AvgIpc) is 2.96. The van der Waals surface area contributed by atoms with E-state index in [4.69, 9.17) is 9.47 Å². The van der Waals surface area contributed by atoms with Crippen molar-refractivity contribution in [2.45, 2.75) is 77.7 Å².